The molecule has 0 fully saturated rings. The average molecular weight is 289 g/mol. The summed E-state index contributed by atoms with van der Waals surface area (Å²) in [6, 6.07) is 10.7. The lowest BCUT2D eigenvalue weighted by Gasteiger charge is -2.20. The van der Waals surface area contributed by atoms with Crippen LogP contribution in [0.5, 0.6) is 0 Å². The van der Waals surface area contributed by atoms with Crippen molar-refractivity contribution in [2.75, 3.05) is 10.6 Å². The molecule has 2 aromatic carbocycles. The highest BCUT2D eigenvalue weighted by Crippen LogP contribution is 2.32. The highest BCUT2D eigenvalue weighted by Gasteiger charge is 2.23. The number of fused-ring (bicyclic) bond motifs is 1. The molecule has 0 saturated carbocycles. The van der Waals surface area contributed by atoms with Crippen LogP contribution in [0.15, 0.2) is 36.4 Å². The highest BCUT2D eigenvalue weighted by molar-refractivity contribution is 6.30. The van der Waals surface area contributed by atoms with E-state index in [9.17, 15) is 9.90 Å². The number of nitrogens with two attached hydrogens (primary N) is 1. The molecule has 0 unspecified atom stereocenters. The lowest BCUT2D eigenvalue weighted by Crippen LogP contribution is -2.18. The van der Waals surface area contributed by atoms with Crippen LogP contribution >= 0.6 is 11.6 Å². The molecule has 1 heterocycles. The number of anilines is 2. The van der Waals surface area contributed by atoms with Gasteiger partial charge in [-0.05, 0) is 41.5 Å². The fourth-order valence-corrected chi connectivity index (χ4v) is 2.73. The monoisotopic (exact) mass is 288 g/mol. The van der Waals surface area contributed by atoms with Crippen molar-refractivity contribution in [3.63, 3.8) is 0 Å². The summed E-state index contributed by atoms with van der Waals surface area (Å²) in [5.41, 5.74) is 9.32. The van der Waals surface area contributed by atoms with Crippen molar-refractivity contribution in [2.24, 2.45) is 0 Å². The number of nitrogen functional groups attached to an aromatic ring is 1. The number of nitrogens with zero attached hydrogens (tertiary/aromatic N) is 1. The quantitative estimate of drug-likeness (QED) is 0.833. The Bertz CT molecular complexity index is 700. The van der Waals surface area contributed by atoms with Gasteiger partial charge in [-0.1, -0.05) is 17.7 Å². The molecule has 0 aromatic heterocycles. The molecule has 0 bridgehead atoms. The lowest BCUT2D eigenvalue weighted by atomic mass is 10.1. The van der Waals surface area contributed by atoms with Crippen LogP contribution in [0.4, 0.5) is 11.4 Å². The molecule has 0 radical (unpaired) electrons. The molecule has 0 spiro atoms. The van der Waals surface area contributed by atoms with Gasteiger partial charge in [0.2, 0.25) is 0 Å². The number of halogens is 1. The minimum atomic E-state index is -0.971. The Kier molecular flexibility index (Phi) is 3.03. The fourth-order valence-electron chi connectivity index (χ4n) is 2.53. The van der Waals surface area contributed by atoms with E-state index in [1.165, 1.54) is 11.6 Å². The molecule has 5 heteroatoms. The van der Waals surface area contributed by atoms with Crippen molar-refractivity contribution >= 4 is 28.9 Å². The number of rotatable bonds is 2. The molecule has 4 nitrogen and oxygen atoms in total. The van der Waals surface area contributed by atoms with Crippen molar-refractivity contribution < 1.29 is 9.90 Å². The summed E-state index contributed by atoms with van der Waals surface area (Å²) in [7, 11) is 0. The maximum Gasteiger partial charge on any atom is 0.337 e. The second kappa shape index (κ2) is 4.72. The average Bonchev–Trinajstić information content (AvgIpc) is 2.81. The minimum absolute atomic E-state index is 0.226. The summed E-state index contributed by atoms with van der Waals surface area (Å²) in [4.78, 5) is 13.4. The number of hydrogen-bond acceptors (Lipinski definition) is 3. The molecule has 0 aliphatic carbocycles. The predicted molar refractivity (Wildman–Crippen MR) is 79.2 cm³/mol. The Morgan fingerprint density at radius 2 is 1.90 bits per heavy atom. The second-order valence-electron chi connectivity index (χ2n) is 4.85. The summed E-state index contributed by atoms with van der Waals surface area (Å²) < 4.78 is 0. The first-order valence-corrected chi connectivity index (χ1v) is 6.57. The van der Waals surface area contributed by atoms with Crippen molar-refractivity contribution in [2.45, 2.75) is 13.1 Å². The molecular formula is C15H13ClN2O2. The Morgan fingerprint density at radius 1 is 1.15 bits per heavy atom. The van der Waals surface area contributed by atoms with Gasteiger partial charge in [-0.3, -0.25) is 0 Å². The molecule has 0 atom stereocenters. The maximum absolute atomic E-state index is 11.4. The molecular weight excluding hydrogens is 276 g/mol. The number of hydrogen-bond donors (Lipinski definition) is 2. The smallest absolute Gasteiger partial charge is 0.337 e. The third kappa shape index (κ3) is 2.18. The summed E-state index contributed by atoms with van der Waals surface area (Å²) in [5.74, 6) is -0.971. The van der Waals surface area contributed by atoms with Gasteiger partial charge in [0, 0.05) is 23.8 Å². The van der Waals surface area contributed by atoms with Gasteiger partial charge in [-0.2, -0.15) is 0 Å². The fraction of sp³-hybridized carbons (Fsp3) is 0.133. The number of carboxylic acid groups (broad SMARTS) is 1. The number of carbonyl (C=O) groups is 1. The van der Waals surface area contributed by atoms with E-state index in [2.05, 4.69) is 0 Å². The lowest BCUT2D eigenvalue weighted by molar-refractivity contribution is 0.0697. The standard InChI is InChI=1S/C15H13ClN2O2/c16-11-2-1-9-7-18(8-10(9)5-11)14-4-3-12(17)6-13(14)15(19)20/h1-6H,7-8,17H2,(H,19,20). The number of aromatic carboxylic acids is 1. The van der Waals surface area contributed by atoms with Crippen LogP contribution in [0.2, 0.25) is 5.02 Å². The van der Waals surface area contributed by atoms with Crippen LogP contribution in [0.25, 0.3) is 0 Å². The van der Waals surface area contributed by atoms with E-state index >= 15 is 0 Å². The van der Waals surface area contributed by atoms with Gasteiger partial charge in [-0.25, -0.2) is 4.79 Å². The Hall–Kier alpha value is -2.20. The van der Waals surface area contributed by atoms with Gasteiger partial charge < -0.3 is 15.7 Å². The molecule has 1 aliphatic rings. The summed E-state index contributed by atoms with van der Waals surface area (Å²) in [5, 5.41) is 10.0. The molecule has 0 amide bonds. The van der Waals surface area contributed by atoms with Crippen LogP contribution < -0.4 is 10.6 Å². The SMILES string of the molecule is Nc1ccc(N2Cc3ccc(Cl)cc3C2)c(C(=O)O)c1. The summed E-state index contributed by atoms with van der Waals surface area (Å²) in [6.45, 7) is 1.33. The normalized spacial score (nSPS) is 13.3. The highest BCUT2D eigenvalue weighted by atomic mass is 35.5. The first-order valence-electron chi connectivity index (χ1n) is 6.19. The summed E-state index contributed by atoms with van der Waals surface area (Å²) in [6.07, 6.45) is 0. The van der Waals surface area contributed by atoms with Crippen LogP contribution in [-0.4, -0.2) is 11.1 Å². The molecule has 3 N–H and O–H groups in total. The van der Waals surface area contributed by atoms with E-state index in [-0.39, 0.29) is 5.56 Å². The van der Waals surface area contributed by atoms with Gasteiger partial charge in [0.25, 0.3) is 0 Å². The van der Waals surface area contributed by atoms with Crippen molar-refractivity contribution in [3.05, 3.63) is 58.1 Å². The Balaban J connectivity index is 1.99. The second-order valence-corrected chi connectivity index (χ2v) is 5.29. The topological polar surface area (TPSA) is 66.6 Å². The van der Waals surface area contributed by atoms with E-state index in [1.54, 1.807) is 12.1 Å². The molecule has 20 heavy (non-hydrogen) atoms. The molecule has 102 valence electrons. The third-order valence-electron chi connectivity index (χ3n) is 3.48. The van der Waals surface area contributed by atoms with Crippen molar-refractivity contribution in [1.82, 2.24) is 0 Å². The third-order valence-corrected chi connectivity index (χ3v) is 3.72. The van der Waals surface area contributed by atoms with Crippen LogP contribution in [0, 0.1) is 0 Å². The zero-order chi connectivity index (χ0) is 14.3. The van der Waals surface area contributed by atoms with E-state index in [0.29, 0.717) is 29.5 Å². The van der Waals surface area contributed by atoms with Crippen molar-refractivity contribution in [3.8, 4) is 0 Å². The molecule has 2 aromatic rings. The maximum atomic E-state index is 11.4. The first-order chi connectivity index (χ1) is 9.54. The van der Waals surface area contributed by atoms with Crippen LogP contribution in [0.3, 0.4) is 0 Å². The van der Waals surface area contributed by atoms with Crippen molar-refractivity contribution in [1.29, 1.82) is 0 Å². The van der Waals surface area contributed by atoms with E-state index < -0.39 is 5.97 Å². The van der Waals surface area contributed by atoms with Gasteiger partial charge in [0.15, 0.2) is 0 Å². The van der Waals surface area contributed by atoms with E-state index in [1.807, 2.05) is 23.1 Å². The van der Waals surface area contributed by atoms with Gasteiger partial charge in [0.05, 0.1) is 11.3 Å². The predicted octanol–water partition coefficient (Wildman–Crippen LogP) is 3.14. The number of benzene rings is 2. The van der Waals surface area contributed by atoms with Gasteiger partial charge in [-0.15, -0.1) is 0 Å². The first kappa shape index (κ1) is 12.8. The molecule has 0 saturated heterocycles. The van der Waals surface area contributed by atoms with Gasteiger partial charge >= 0.3 is 5.97 Å². The zero-order valence-electron chi connectivity index (χ0n) is 10.6. The van der Waals surface area contributed by atoms with Crippen LogP contribution in [-0.2, 0) is 13.1 Å². The van der Waals surface area contributed by atoms with Crippen LogP contribution in [0.1, 0.15) is 21.5 Å². The summed E-state index contributed by atoms with van der Waals surface area (Å²) >= 11 is 5.99. The van der Waals surface area contributed by atoms with E-state index in [4.69, 9.17) is 17.3 Å². The minimum Gasteiger partial charge on any atom is -0.478 e. The molecule has 3 rings (SSSR count). The van der Waals surface area contributed by atoms with E-state index in [0.717, 1.165) is 5.56 Å². The number of carboxylic acids is 1. The Morgan fingerprint density at radius 3 is 2.65 bits per heavy atom. The largest absolute Gasteiger partial charge is 0.478 e. The Labute approximate surface area is 121 Å². The molecule has 1 aliphatic heterocycles. The zero-order valence-corrected chi connectivity index (χ0v) is 11.4. The van der Waals surface area contributed by atoms with Gasteiger partial charge in [0.1, 0.15) is 0 Å².